The van der Waals surface area contributed by atoms with Crippen molar-refractivity contribution in [1.29, 1.82) is 0 Å². The lowest BCUT2D eigenvalue weighted by Gasteiger charge is -2.30. The number of likely N-dealkylation sites (N-methyl/N-ethyl adjacent to an activating group) is 1. The number of hydrogen-bond acceptors (Lipinski definition) is 7. The average molecular weight is 391 g/mol. The SMILES string of the molecule is CN1CCNCC1c1noc(CCNc2ncc(C(F)(F)F)cc2Cl)n1. The van der Waals surface area contributed by atoms with Gasteiger partial charge in [-0.15, -0.1) is 0 Å². The van der Waals surface area contributed by atoms with Crippen molar-refractivity contribution >= 4 is 17.4 Å². The fourth-order valence-corrected chi connectivity index (χ4v) is 2.84. The van der Waals surface area contributed by atoms with Crippen LogP contribution in [0.25, 0.3) is 0 Å². The van der Waals surface area contributed by atoms with Gasteiger partial charge in [0.25, 0.3) is 0 Å². The molecule has 2 aromatic heterocycles. The minimum Gasteiger partial charge on any atom is -0.368 e. The summed E-state index contributed by atoms with van der Waals surface area (Å²) in [6, 6.07) is 0.897. The Morgan fingerprint density at radius 1 is 1.46 bits per heavy atom. The molecule has 0 aliphatic carbocycles. The lowest BCUT2D eigenvalue weighted by atomic mass is 10.2. The summed E-state index contributed by atoms with van der Waals surface area (Å²) in [4.78, 5) is 10.3. The molecule has 1 aliphatic rings. The lowest BCUT2D eigenvalue weighted by molar-refractivity contribution is -0.137. The van der Waals surface area contributed by atoms with Crippen molar-refractivity contribution in [2.45, 2.75) is 18.6 Å². The van der Waals surface area contributed by atoms with Crippen LogP contribution < -0.4 is 10.6 Å². The molecule has 1 fully saturated rings. The zero-order chi connectivity index (χ0) is 18.7. The third-order valence-corrected chi connectivity index (χ3v) is 4.38. The van der Waals surface area contributed by atoms with Gasteiger partial charge in [0.05, 0.1) is 16.6 Å². The summed E-state index contributed by atoms with van der Waals surface area (Å²) < 4.78 is 43.0. The molecule has 0 spiro atoms. The van der Waals surface area contributed by atoms with Gasteiger partial charge in [0, 0.05) is 38.8 Å². The van der Waals surface area contributed by atoms with Crippen molar-refractivity contribution in [2.24, 2.45) is 0 Å². The van der Waals surface area contributed by atoms with E-state index in [1.165, 1.54) is 0 Å². The van der Waals surface area contributed by atoms with E-state index in [9.17, 15) is 13.2 Å². The summed E-state index contributed by atoms with van der Waals surface area (Å²) in [6.07, 6.45) is -3.34. The van der Waals surface area contributed by atoms with Crippen LogP contribution in [0.3, 0.4) is 0 Å². The third-order valence-electron chi connectivity index (χ3n) is 4.09. The zero-order valence-corrected chi connectivity index (χ0v) is 14.7. The lowest BCUT2D eigenvalue weighted by Crippen LogP contribution is -2.44. The standard InChI is InChI=1S/C15H18ClF3N6O/c1-25-5-4-20-8-11(25)14-23-12(26-24-14)2-3-21-13-10(16)6-9(7-22-13)15(17,18)19/h6-7,11,20H,2-5,8H2,1H3,(H,21,22). The van der Waals surface area contributed by atoms with Crippen molar-refractivity contribution in [2.75, 3.05) is 38.5 Å². The average Bonchev–Trinajstić information content (AvgIpc) is 3.04. The van der Waals surface area contributed by atoms with Crippen molar-refractivity contribution in [3.63, 3.8) is 0 Å². The highest BCUT2D eigenvalue weighted by Gasteiger charge is 2.31. The smallest absolute Gasteiger partial charge is 0.368 e. The molecule has 7 nitrogen and oxygen atoms in total. The number of alkyl halides is 3. The summed E-state index contributed by atoms with van der Waals surface area (Å²) in [5, 5.41) is 10.1. The Morgan fingerprint density at radius 3 is 2.96 bits per heavy atom. The van der Waals surface area contributed by atoms with Gasteiger partial charge in [-0.05, 0) is 13.1 Å². The topological polar surface area (TPSA) is 79.1 Å². The Kier molecular flexibility index (Phi) is 5.64. The van der Waals surface area contributed by atoms with E-state index in [1.807, 2.05) is 7.05 Å². The molecule has 1 saturated heterocycles. The molecule has 3 heterocycles. The number of halogens is 4. The highest BCUT2D eigenvalue weighted by molar-refractivity contribution is 6.32. The van der Waals surface area contributed by atoms with E-state index in [0.29, 0.717) is 24.7 Å². The second-order valence-corrected chi connectivity index (χ2v) is 6.38. The predicted molar refractivity (Wildman–Crippen MR) is 89.0 cm³/mol. The van der Waals surface area contributed by atoms with Gasteiger partial charge in [0.15, 0.2) is 5.82 Å². The summed E-state index contributed by atoms with van der Waals surface area (Å²) in [5.74, 6) is 1.23. The van der Waals surface area contributed by atoms with E-state index in [1.54, 1.807) is 0 Å². The molecule has 11 heteroatoms. The Labute approximate surface area is 152 Å². The molecular formula is C15H18ClF3N6O. The summed E-state index contributed by atoms with van der Waals surface area (Å²) in [6.45, 7) is 2.91. The minimum atomic E-state index is -4.48. The van der Waals surface area contributed by atoms with Gasteiger partial charge in [-0.2, -0.15) is 18.2 Å². The fraction of sp³-hybridized carbons (Fsp3) is 0.533. The van der Waals surface area contributed by atoms with Crippen LogP contribution in [0.1, 0.15) is 23.3 Å². The van der Waals surface area contributed by atoms with Gasteiger partial charge in [-0.25, -0.2) is 4.98 Å². The number of aromatic nitrogens is 3. The number of nitrogens with zero attached hydrogens (tertiary/aromatic N) is 4. The number of rotatable bonds is 5. The van der Waals surface area contributed by atoms with E-state index in [0.717, 1.165) is 31.9 Å². The molecule has 2 aromatic rings. The molecule has 0 radical (unpaired) electrons. The van der Waals surface area contributed by atoms with Crippen molar-refractivity contribution < 1.29 is 17.7 Å². The second kappa shape index (κ2) is 7.77. The predicted octanol–water partition coefficient (Wildman–Crippen LogP) is 2.37. The number of anilines is 1. The first-order chi connectivity index (χ1) is 12.3. The van der Waals surface area contributed by atoms with E-state index >= 15 is 0 Å². The molecule has 0 bridgehead atoms. The van der Waals surface area contributed by atoms with Crippen LogP contribution in [0.5, 0.6) is 0 Å². The number of piperazine rings is 1. The van der Waals surface area contributed by atoms with Crippen LogP contribution in [-0.4, -0.2) is 53.3 Å². The van der Waals surface area contributed by atoms with Gasteiger partial charge >= 0.3 is 6.18 Å². The first-order valence-electron chi connectivity index (χ1n) is 8.04. The molecule has 0 aromatic carbocycles. The Hall–Kier alpha value is -1.91. The number of hydrogen-bond donors (Lipinski definition) is 2. The second-order valence-electron chi connectivity index (χ2n) is 5.98. The van der Waals surface area contributed by atoms with Crippen LogP contribution in [-0.2, 0) is 12.6 Å². The van der Waals surface area contributed by atoms with Crippen LogP contribution in [0, 0.1) is 0 Å². The molecular weight excluding hydrogens is 373 g/mol. The Morgan fingerprint density at radius 2 is 2.27 bits per heavy atom. The highest BCUT2D eigenvalue weighted by Crippen LogP contribution is 2.32. The molecule has 0 saturated carbocycles. The van der Waals surface area contributed by atoms with Crippen LogP contribution in [0.4, 0.5) is 19.0 Å². The van der Waals surface area contributed by atoms with Crippen molar-refractivity contribution in [3.8, 4) is 0 Å². The van der Waals surface area contributed by atoms with Gasteiger partial charge in [0.2, 0.25) is 5.89 Å². The number of pyridine rings is 1. The van der Waals surface area contributed by atoms with Crippen molar-refractivity contribution in [1.82, 2.24) is 25.3 Å². The van der Waals surface area contributed by atoms with Gasteiger partial charge in [0.1, 0.15) is 5.82 Å². The number of nitrogens with one attached hydrogen (secondary N) is 2. The maximum absolute atomic E-state index is 12.6. The molecule has 2 N–H and O–H groups in total. The van der Waals surface area contributed by atoms with Crippen LogP contribution in [0.2, 0.25) is 5.02 Å². The fourth-order valence-electron chi connectivity index (χ4n) is 2.61. The maximum atomic E-state index is 12.6. The molecule has 26 heavy (non-hydrogen) atoms. The molecule has 142 valence electrons. The summed E-state index contributed by atoms with van der Waals surface area (Å²) in [7, 11) is 2.00. The molecule has 1 unspecified atom stereocenters. The van der Waals surface area contributed by atoms with E-state index < -0.39 is 11.7 Å². The quantitative estimate of drug-likeness (QED) is 0.811. The minimum absolute atomic E-state index is 0.0558. The Balaban J connectivity index is 1.55. The zero-order valence-electron chi connectivity index (χ0n) is 14.0. The normalized spacial score (nSPS) is 18.9. The summed E-state index contributed by atoms with van der Waals surface area (Å²) in [5.41, 5.74) is -0.889. The summed E-state index contributed by atoms with van der Waals surface area (Å²) >= 11 is 5.85. The van der Waals surface area contributed by atoms with Crippen LogP contribution >= 0.6 is 11.6 Å². The maximum Gasteiger partial charge on any atom is 0.417 e. The van der Waals surface area contributed by atoms with Gasteiger partial charge < -0.3 is 15.2 Å². The molecule has 1 aliphatic heterocycles. The first kappa shape index (κ1) is 18.9. The molecule has 3 rings (SSSR count). The van der Waals surface area contributed by atoms with Gasteiger partial charge in [-0.3, -0.25) is 4.90 Å². The van der Waals surface area contributed by atoms with Crippen LogP contribution in [0.15, 0.2) is 16.8 Å². The van der Waals surface area contributed by atoms with E-state index in [4.69, 9.17) is 16.1 Å². The molecule has 0 amide bonds. The largest absolute Gasteiger partial charge is 0.417 e. The monoisotopic (exact) mass is 390 g/mol. The molecule has 1 atom stereocenters. The van der Waals surface area contributed by atoms with E-state index in [2.05, 4.69) is 30.7 Å². The van der Waals surface area contributed by atoms with Crippen molar-refractivity contribution in [3.05, 3.63) is 34.6 Å². The van der Waals surface area contributed by atoms with E-state index in [-0.39, 0.29) is 16.9 Å². The third kappa shape index (κ3) is 4.43. The van der Waals surface area contributed by atoms with Gasteiger partial charge in [-0.1, -0.05) is 16.8 Å². The highest BCUT2D eigenvalue weighted by atomic mass is 35.5. The Bertz CT molecular complexity index is 753. The first-order valence-corrected chi connectivity index (χ1v) is 8.42.